The van der Waals surface area contributed by atoms with Gasteiger partial charge in [0.15, 0.2) is 0 Å². The van der Waals surface area contributed by atoms with Crippen LogP contribution in [0.4, 0.5) is 0 Å². The third-order valence-electron chi connectivity index (χ3n) is 4.44. The normalized spacial score (nSPS) is 16.9. The first-order valence-corrected chi connectivity index (χ1v) is 8.70. The van der Waals surface area contributed by atoms with Crippen molar-refractivity contribution in [3.05, 3.63) is 59.9 Å². The third-order valence-corrected chi connectivity index (χ3v) is 4.44. The van der Waals surface area contributed by atoms with Gasteiger partial charge in [-0.05, 0) is 42.8 Å². The van der Waals surface area contributed by atoms with Gasteiger partial charge in [-0.15, -0.1) is 0 Å². The third kappa shape index (κ3) is 3.68. The molecule has 1 atom stereocenters. The minimum absolute atomic E-state index is 0.00935. The maximum atomic E-state index is 12.3. The minimum atomic E-state index is -0.442. The zero-order chi connectivity index (χ0) is 18.8. The molecule has 4 rings (SSSR count). The lowest BCUT2D eigenvalue weighted by Gasteiger charge is -2.22. The lowest BCUT2D eigenvalue weighted by atomic mass is 10.2. The van der Waals surface area contributed by atoms with Crippen molar-refractivity contribution in [3.8, 4) is 5.69 Å². The first-order chi connectivity index (χ1) is 13.1. The molecule has 1 aliphatic rings. The fraction of sp³-hybridized carbons (Fsp3) is 0.250. The molecular formula is C20H19N3O4. The van der Waals surface area contributed by atoms with E-state index in [2.05, 4.69) is 16.4 Å². The predicted molar refractivity (Wildman–Crippen MR) is 98.8 cm³/mol. The summed E-state index contributed by atoms with van der Waals surface area (Å²) in [7, 11) is 0. The Labute approximate surface area is 155 Å². The van der Waals surface area contributed by atoms with Gasteiger partial charge in [-0.3, -0.25) is 9.36 Å². The molecule has 0 spiro atoms. The van der Waals surface area contributed by atoms with Crippen molar-refractivity contribution in [3.63, 3.8) is 0 Å². The van der Waals surface area contributed by atoms with Gasteiger partial charge in [-0.25, -0.2) is 9.78 Å². The second kappa shape index (κ2) is 7.20. The molecule has 3 aromatic rings. The van der Waals surface area contributed by atoms with Crippen LogP contribution in [0.1, 0.15) is 15.9 Å². The van der Waals surface area contributed by atoms with Crippen LogP contribution in [0.15, 0.2) is 48.8 Å². The van der Waals surface area contributed by atoms with E-state index in [-0.39, 0.29) is 25.2 Å². The van der Waals surface area contributed by atoms with E-state index in [0.29, 0.717) is 17.6 Å². The highest BCUT2D eigenvalue weighted by molar-refractivity contribution is 5.94. The number of aryl methyl sites for hydroxylation is 1. The summed E-state index contributed by atoms with van der Waals surface area (Å²) in [4.78, 5) is 27.8. The number of nitrogens with zero attached hydrogens (tertiary/aromatic N) is 2. The van der Waals surface area contributed by atoms with Crippen molar-refractivity contribution >= 4 is 22.9 Å². The summed E-state index contributed by atoms with van der Waals surface area (Å²) in [5.41, 5.74) is 4.24. The molecule has 27 heavy (non-hydrogen) atoms. The van der Waals surface area contributed by atoms with Crippen molar-refractivity contribution < 1.29 is 19.1 Å². The van der Waals surface area contributed by atoms with Gasteiger partial charge in [0.1, 0.15) is 25.6 Å². The number of ether oxygens (including phenoxy) is 2. The standard InChI is InChI=1S/C20H19N3O4/c1-13-3-2-4-15(7-13)23-12-22-17-8-14(5-6-18(17)23)20(25)27-10-16-9-21-19(24)11-26-16/h2-8,12,16H,9-11H2,1H3,(H,21,24). The molecule has 1 amide bonds. The van der Waals surface area contributed by atoms with Crippen LogP contribution in [0, 0.1) is 6.92 Å². The number of imidazole rings is 1. The van der Waals surface area contributed by atoms with E-state index < -0.39 is 5.97 Å². The number of benzene rings is 2. The van der Waals surface area contributed by atoms with E-state index in [1.165, 1.54) is 0 Å². The SMILES string of the molecule is Cc1cccc(-n2cnc3cc(C(=O)OCC4CNC(=O)CO4)ccc32)c1. The van der Waals surface area contributed by atoms with Gasteiger partial charge in [-0.1, -0.05) is 12.1 Å². The van der Waals surface area contributed by atoms with Crippen molar-refractivity contribution in [2.45, 2.75) is 13.0 Å². The number of hydrogen-bond donors (Lipinski definition) is 1. The molecular weight excluding hydrogens is 346 g/mol. The van der Waals surface area contributed by atoms with E-state index in [4.69, 9.17) is 9.47 Å². The Hall–Kier alpha value is -3.19. The van der Waals surface area contributed by atoms with Gasteiger partial charge in [0, 0.05) is 12.2 Å². The van der Waals surface area contributed by atoms with Crippen LogP contribution in [-0.4, -0.2) is 47.3 Å². The number of carbonyl (C=O) groups excluding carboxylic acids is 2. The molecule has 1 saturated heterocycles. The highest BCUT2D eigenvalue weighted by atomic mass is 16.6. The predicted octanol–water partition coefficient (Wildman–Crippen LogP) is 2.01. The van der Waals surface area contributed by atoms with E-state index >= 15 is 0 Å². The number of hydrogen-bond acceptors (Lipinski definition) is 5. The Kier molecular flexibility index (Phi) is 4.60. The molecule has 1 aliphatic heterocycles. The second-order valence-corrected chi connectivity index (χ2v) is 6.49. The lowest BCUT2D eigenvalue weighted by Crippen LogP contribution is -2.45. The molecule has 0 radical (unpaired) electrons. The van der Waals surface area contributed by atoms with Crippen molar-refractivity contribution in [2.24, 2.45) is 0 Å². The molecule has 2 heterocycles. The summed E-state index contributed by atoms with van der Waals surface area (Å²) in [6.45, 7) is 2.46. The zero-order valence-electron chi connectivity index (χ0n) is 14.8. The smallest absolute Gasteiger partial charge is 0.338 e. The molecule has 1 unspecified atom stereocenters. The second-order valence-electron chi connectivity index (χ2n) is 6.49. The number of nitrogens with one attached hydrogen (secondary N) is 1. The van der Waals surface area contributed by atoms with E-state index in [1.807, 2.05) is 35.8 Å². The highest BCUT2D eigenvalue weighted by Crippen LogP contribution is 2.20. The van der Waals surface area contributed by atoms with Crippen molar-refractivity contribution in [2.75, 3.05) is 19.8 Å². The largest absolute Gasteiger partial charge is 0.459 e. The summed E-state index contributed by atoms with van der Waals surface area (Å²) < 4.78 is 12.6. The van der Waals surface area contributed by atoms with Crippen LogP contribution in [-0.2, 0) is 14.3 Å². The molecule has 1 fully saturated rings. The molecule has 2 aromatic carbocycles. The molecule has 138 valence electrons. The van der Waals surface area contributed by atoms with Crippen molar-refractivity contribution in [1.82, 2.24) is 14.9 Å². The minimum Gasteiger partial charge on any atom is -0.459 e. The average Bonchev–Trinajstić information content (AvgIpc) is 3.10. The molecule has 0 aliphatic carbocycles. The average molecular weight is 365 g/mol. The quantitative estimate of drug-likeness (QED) is 0.715. The fourth-order valence-corrected chi connectivity index (χ4v) is 3.01. The Morgan fingerprint density at radius 1 is 1.33 bits per heavy atom. The maximum Gasteiger partial charge on any atom is 0.338 e. The van der Waals surface area contributed by atoms with Crippen LogP contribution in [0.5, 0.6) is 0 Å². The van der Waals surface area contributed by atoms with Gasteiger partial charge in [0.05, 0.1) is 16.6 Å². The number of rotatable bonds is 4. The zero-order valence-corrected chi connectivity index (χ0v) is 14.8. The van der Waals surface area contributed by atoms with Crippen LogP contribution in [0.3, 0.4) is 0 Å². The lowest BCUT2D eigenvalue weighted by molar-refractivity contribution is -0.134. The maximum absolute atomic E-state index is 12.3. The molecule has 0 saturated carbocycles. The highest BCUT2D eigenvalue weighted by Gasteiger charge is 2.20. The summed E-state index contributed by atoms with van der Waals surface area (Å²) in [6, 6.07) is 13.4. The first kappa shape index (κ1) is 17.2. The molecule has 1 aromatic heterocycles. The number of fused-ring (bicyclic) bond motifs is 1. The van der Waals surface area contributed by atoms with E-state index in [1.54, 1.807) is 18.5 Å². The Morgan fingerprint density at radius 2 is 2.22 bits per heavy atom. The number of morpholine rings is 1. The van der Waals surface area contributed by atoms with E-state index in [9.17, 15) is 9.59 Å². The van der Waals surface area contributed by atoms with Crippen LogP contribution in [0.2, 0.25) is 0 Å². The molecule has 0 bridgehead atoms. The Bertz CT molecular complexity index is 1000. The van der Waals surface area contributed by atoms with Gasteiger partial charge in [0.25, 0.3) is 0 Å². The van der Waals surface area contributed by atoms with Gasteiger partial charge < -0.3 is 14.8 Å². The first-order valence-electron chi connectivity index (χ1n) is 8.70. The summed E-state index contributed by atoms with van der Waals surface area (Å²) >= 11 is 0. The number of esters is 1. The van der Waals surface area contributed by atoms with Crippen LogP contribution < -0.4 is 5.32 Å². The van der Waals surface area contributed by atoms with Gasteiger partial charge >= 0.3 is 5.97 Å². The molecule has 1 N–H and O–H groups in total. The summed E-state index contributed by atoms with van der Waals surface area (Å²) in [5, 5.41) is 2.67. The summed E-state index contributed by atoms with van der Waals surface area (Å²) in [5.74, 6) is -0.602. The van der Waals surface area contributed by atoms with Gasteiger partial charge in [-0.2, -0.15) is 0 Å². The Balaban J connectivity index is 1.49. The number of carbonyl (C=O) groups is 2. The Morgan fingerprint density at radius 3 is 3.00 bits per heavy atom. The number of aromatic nitrogens is 2. The monoisotopic (exact) mass is 365 g/mol. The van der Waals surface area contributed by atoms with Gasteiger partial charge in [0.2, 0.25) is 5.91 Å². The van der Waals surface area contributed by atoms with Crippen LogP contribution >= 0.6 is 0 Å². The topological polar surface area (TPSA) is 82.5 Å². The summed E-state index contributed by atoms with van der Waals surface area (Å²) in [6.07, 6.45) is 1.42. The van der Waals surface area contributed by atoms with Crippen LogP contribution in [0.25, 0.3) is 16.7 Å². The molecule has 7 heteroatoms. The fourth-order valence-electron chi connectivity index (χ4n) is 3.01. The number of amides is 1. The van der Waals surface area contributed by atoms with Crippen molar-refractivity contribution in [1.29, 1.82) is 0 Å². The molecule has 7 nitrogen and oxygen atoms in total. The van der Waals surface area contributed by atoms with E-state index in [0.717, 1.165) is 16.8 Å².